The Morgan fingerprint density at radius 1 is 1.26 bits per heavy atom. The Morgan fingerprint density at radius 3 is 2.48 bits per heavy atom. The van der Waals surface area contributed by atoms with Crippen LogP contribution in [0.5, 0.6) is 17.2 Å². The Hall–Kier alpha value is -2.74. The van der Waals surface area contributed by atoms with Gasteiger partial charge >= 0.3 is 5.69 Å². The molecule has 0 bridgehead atoms. The van der Waals surface area contributed by atoms with Gasteiger partial charge in [-0.15, -0.1) is 11.8 Å². The van der Waals surface area contributed by atoms with Crippen LogP contribution in [0.3, 0.4) is 0 Å². The molecule has 8 heteroatoms. The van der Waals surface area contributed by atoms with Crippen molar-refractivity contribution in [3.05, 3.63) is 52.1 Å². The van der Waals surface area contributed by atoms with Crippen molar-refractivity contribution in [3.63, 3.8) is 0 Å². The quantitative estimate of drug-likeness (QED) is 0.274. The van der Waals surface area contributed by atoms with Gasteiger partial charge in [0.15, 0.2) is 11.5 Å². The Kier molecular flexibility index (Phi) is 5.07. The van der Waals surface area contributed by atoms with E-state index >= 15 is 0 Å². The van der Waals surface area contributed by atoms with E-state index in [2.05, 4.69) is 0 Å². The molecule has 23 heavy (non-hydrogen) atoms. The zero-order chi connectivity index (χ0) is 17.0. The number of Topliss-reactive ketones (excluding diaryl/α,β-unsaturated/α-hetero) is 1. The summed E-state index contributed by atoms with van der Waals surface area (Å²) in [6.07, 6.45) is 0. The number of carbonyl (C=O) groups excluding carboxylic acids is 1. The third-order valence-electron chi connectivity index (χ3n) is 3.02. The number of ether oxygens (including phenoxy) is 1. The number of aromatic hydroxyl groups is 2. The molecule has 0 saturated heterocycles. The molecule has 0 fully saturated rings. The minimum absolute atomic E-state index is 0.0342. The molecule has 0 unspecified atom stereocenters. The van der Waals surface area contributed by atoms with Gasteiger partial charge in [-0.25, -0.2) is 0 Å². The van der Waals surface area contributed by atoms with Crippen LogP contribution in [0.4, 0.5) is 5.69 Å². The van der Waals surface area contributed by atoms with E-state index in [1.807, 2.05) is 0 Å². The lowest BCUT2D eigenvalue weighted by Crippen LogP contribution is -2.03. The molecule has 0 aliphatic heterocycles. The van der Waals surface area contributed by atoms with Gasteiger partial charge in [0.2, 0.25) is 5.75 Å². The van der Waals surface area contributed by atoms with Crippen molar-refractivity contribution >= 4 is 23.2 Å². The van der Waals surface area contributed by atoms with Crippen LogP contribution in [0, 0.1) is 10.1 Å². The second-order valence-electron chi connectivity index (χ2n) is 4.51. The third kappa shape index (κ3) is 3.92. The second kappa shape index (κ2) is 7.01. The number of benzene rings is 2. The largest absolute Gasteiger partial charge is 0.504 e. The van der Waals surface area contributed by atoms with Crippen molar-refractivity contribution in [2.75, 3.05) is 12.9 Å². The van der Waals surface area contributed by atoms with Crippen LogP contribution in [-0.4, -0.2) is 33.8 Å². The smallest absolute Gasteiger partial charge is 0.315 e. The number of hydrogen-bond donors (Lipinski definition) is 2. The van der Waals surface area contributed by atoms with Crippen molar-refractivity contribution in [1.82, 2.24) is 0 Å². The number of methoxy groups -OCH3 is 1. The summed E-state index contributed by atoms with van der Waals surface area (Å²) in [5.41, 5.74) is -0.740. The molecule has 0 aliphatic carbocycles. The summed E-state index contributed by atoms with van der Waals surface area (Å²) in [5.74, 6) is -1.22. The first-order valence-corrected chi connectivity index (χ1v) is 7.41. The highest BCUT2D eigenvalue weighted by molar-refractivity contribution is 8.00. The molecule has 0 aromatic heterocycles. The maximum atomic E-state index is 12.1. The number of hydrogen-bond acceptors (Lipinski definition) is 7. The average molecular weight is 335 g/mol. The number of thioether (sulfide) groups is 1. The zero-order valence-electron chi connectivity index (χ0n) is 12.1. The molecule has 0 amide bonds. The minimum Gasteiger partial charge on any atom is -0.504 e. The lowest BCUT2D eigenvalue weighted by atomic mass is 10.1. The van der Waals surface area contributed by atoms with Gasteiger partial charge in [-0.1, -0.05) is 0 Å². The minimum atomic E-state index is -0.859. The van der Waals surface area contributed by atoms with E-state index in [9.17, 15) is 25.1 Å². The van der Waals surface area contributed by atoms with E-state index in [1.165, 1.54) is 11.8 Å². The number of nitro groups is 1. The Bertz CT molecular complexity index is 744. The van der Waals surface area contributed by atoms with Crippen LogP contribution < -0.4 is 4.74 Å². The fourth-order valence-electron chi connectivity index (χ4n) is 1.81. The third-order valence-corrected chi connectivity index (χ3v) is 4.03. The van der Waals surface area contributed by atoms with E-state index < -0.39 is 27.9 Å². The second-order valence-corrected chi connectivity index (χ2v) is 5.56. The van der Waals surface area contributed by atoms with Gasteiger partial charge in [-0.2, -0.15) is 0 Å². The molecule has 0 saturated carbocycles. The van der Waals surface area contributed by atoms with Crippen molar-refractivity contribution < 1.29 is 24.7 Å². The average Bonchev–Trinajstić information content (AvgIpc) is 2.55. The van der Waals surface area contributed by atoms with Crippen molar-refractivity contribution in [2.45, 2.75) is 4.90 Å². The Morgan fingerprint density at radius 2 is 1.91 bits per heavy atom. The lowest BCUT2D eigenvalue weighted by molar-refractivity contribution is -0.386. The highest BCUT2D eigenvalue weighted by atomic mass is 32.2. The van der Waals surface area contributed by atoms with Crippen LogP contribution in [0.1, 0.15) is 10.4 Å². The van der Waals surface area contributed by atoms with Crippen LogP contribution in [-0.2, 0) is 0 Å². The number of phenols is 2. The predicted molar refractivity (Wildman–Crippen MR) is 84.5 cm³/mol. The molecular formula is C15H13NO6S. The maximum Gasteiger partial charge on any atom is 0.315 e. The van der Waals surface area contributed by atoms with Gasteiger partial charge in [0.1, 0.15) is 5.75 Å². The maximum absolute atomic E-state index is 12.1. The molecular weight excluding hydrogens is 322 g/mol. The molecule has 0 heterocycles. The SMILES string of the molecule is COc1ccc(SCC(=O)c2cc(O)c(O)c([N+](=O)[O-])c2)cc1. The topological polar surface area (TPSA) is 110 Å². The van der Waals surface area contributed by atoms with Crippen LogP contribution in [0.25, 0.3) is 0 Å². The summed E-state index contributed by atoms with van der Waals surface area (Å²) in [4.78, 5) is 22.9. The van der Waals surface area contributed by atoms with Gasteiger partial charge in [-0.3, -0.25) is 14.9 Å². The first kappa shape index (κ1) is 16.6. The van der Waals surface area contributed by atoms with Crippen molar-refractivity contribution in [1.29, 1.82) is 0 Å². The molecule has 0 radical (unpaired) electrons. The van der Waals surface area contributed by atoms with E-state index in [4.69, 9.17) is 4.74 Å². The lowest BCUT2D eigenvalue weighted by Gasteiger charge is -2.05. The van der Waals surface area contributed by atoms with Gasteiger partial charge in [0.25, 0.3) is 0 Å². The summed E-state index contributed by atoms with van der Waals surface area (Å²) in [5, 5.41) is 29.7. The van der Waals surface area contributed by atoms with E-state index in [-0.39, 0.29) is 11.3 Å². The van der Waals surface area contributed by atoms with Crippen LogP contribution >= 0.6 is 11.8 Å². The monoisotopic (exact) mass is 335 g/mol. The molecule has 7 nitrogen and oxygen atoms in total. The summed E-state index contributed by atoms with van der Waals surface area (Å²) in [7, 11) is 1.55. The summed E-state index contributed by atoms with van der Waals surface area (Å²) in [6, 6.07) is 9.04. The van der Waals surface area contributed by atoms with Gasteiger partial charge in [0, 0.05) is 16.5 Å². The van der Waals surface area contributed by atoms with E-state index in [0.29, 0.717) is 5.75 Å². The summed E-state index contributed by atoms with van der Waals surface area (Å²) < 4.78 is 5.03. The molecule has 2 aromatic rings. The van der Waals surface area contributed by atoms with Gasteiger partial charge in [-0.05, 0) is 30.3 Å². The molecule has 0 atom stereocenters. The summed E-state index contributed by atoms with van der Waals surface area (Å²) >= 11 is 1.25. The Labute approximate surface area is 135 Å². The first-order valence-electron chi connectivity index (χ1n) is 6.42. The number of phenolic OH excluding ortho intramolecular Hbond substituents is 2. The highest BCUT2D eigenvalue weighted by Crippen LogP contribution is 2.36. The van der Waals surface area contributed by atoms with Crippen molar-refractivity contribution in [3.8, 4) is 17.2 Å². The van der Waals surface area contributed by atoms with E-state index in [0.717, 1.165) is 17.0 Å². The van der Waals surface area contributed by atoms with Crippen molar-refractivity contribution in [2.24, 2.45) is 0 Å². The molecule has 0 aliphatic rings. The van der Waals surface area contributed by atoms with Gasteiger partial charge in [0.05, 0.1) is 17.8 Å². The zero-order valence-corrected chi connectivity index (χ0v) is 12.9. The van der Waals surface area contributed by atoms with Crippen LogP contribution in [0.15, 0.2) is 41.3 Å². The number of ketones is 1. The molecule has 2 aromatic carbocycles. The molecule has 2 N–H and O–H groups in total. The number of rotatable bonds is 6. The van der Waals surface area contributed by atoms with Crippen LogP contribution in [0.2, 0.25) is 0 Å². The van der Waals surface area contributed by atoms with Gasteiger partial charge < -0.3 is 14.9 Å². The fraction of sp³-hybridized carbons (Fsp3) is 0.133. The highest BCUT2D eigenvalue weighted by Gasteiger charge is 2.21. The molecule has 2 rings (SSSR count). The Balaban J connectivity index is 2.12. The fourth-order valence-corrected chi connectivity index (χ4v) is 2.60. The predicted octanol–water partition coefficient (Wildman–Crippen LogP) is 2.99. The number of carbonyl (C=O) groups is 1. The molecule has 120 valence electrons. The summed E-state index contributed by atoms with van der Waals surface area (Å²) in [6.45, 7) is 0. The number of nitrogens with zero attached hydrogens (tertiary/aromatic N) is 1. The normalized spacial score (nSPS) is 10.3. The molecule has 0 spiro atoms. The number of nitro benzene ring substituents is 1. The van der Waals surface area contributed by atoms with E-state index in [1.54, 1.807) is 31.4 Å². The standard InChI is InChI=1S/C15H13NO6S/c1-22-10-2-4-11(5-3-10)23-8-14(18)9-6-12(16(20)21)15(19)13(17)7-9/h2-7,17,19H,8H2,1H3. The first-order chi connectivity index (χ1) is 10.9.